The fraction of sp³-hybridized carbons (Fsp3) is 0.154. The van der Waals surface area contributed by atoms with Gasteiger partial charge in [0.1, 0.15) is 12.3 Å². The van der Waals surface area contributed by atoms with Crippen molar-refractivity contribution in [3.05, 3.63) is 29.9 Å². The highest BCUT2D eigenvalue weighted by molar-refractivity contribution is 7.79. The molecule has 0 bridgehead atoms. The van der Waals surface area contributed by atoms with Crippen molar-refractivity contribution in [1.82, 2.24) is 14.1 Å². The number of nitriles is 1. The highest BCUT2D eigenvalue weighted by Crippen LogP contribution is 2.43. The predicted molar refractivity (Wildman–Crippen MR) is 76.1 cm³/mol. The Morgan fingerprint density at radius 2 is 2.08 bits per heavy atom. The maximum absolute atomic E-state index is 13.2. The molecule has 3 aromatic rings. The molecule has 1 aliphatic rings. The molecular weight excluding hydrogens is 362 g/mol. The van der Waals surface area contributed by atoms with E-state index in [1.165, 1.54) is 13.1 Å². The number of nitrogens with zero attached hydrogens (tertiary/aromatic N) is 4. The lowest BCUT2D eigenvalue weighted by atomic mass is 10.3. The molecular formula is C13H6F2N4O5S. The van der Waals surface area contributed by atoms with E-state index in [1.807, 2.05) is 0 Å². The first-order valence-corrected chi connectivity index (χ1v) is 7.65. The third kappa shape index (κ3) is 2.45. The van der Waals surface area contributed by atoms with Crippen LogP contribution in [0.2, 0.25) is 0 Å². The lowest BCUT2D eigenvalue weighted by Gasteiger charge is -2.05. The Morgan fingerprint density at radius 1 is 1.36 bits per heavy atom. The number of rotatable bonds is 3. The van der Waals surface area contributed by atoms with Gasteiger partial charge in [-0.2, -0.15) is 13.4 Å². The van der Waals surface area contributed by atoms with Crippen molar-refractivity contribution in [2.24, 2.45) is 0 Å². The Hall–Kier alpha value is -3.20. The molecule has 3 heterocycles. The highest BCUT2D eigenvalue weighted by Gasteiger charge is 2.44. The highest BCUT2D eigenvalue weighted by atomic mass is 32.2. The molecule has 0 saturated heterocycles. The van der Waals surface area contributed by atoms with Gasteiger partial charge < -0.3 is 18.2 Å². The third-order valence-corrected chi connectivity index (χ3v) is 4.24. The van der Waals surface area contributed by atoms with Crippen LogP contribution < -0.4 is 13.7 Å². The van der Waals surface area contributed by atoms with Crippen molar-refractivity contribution in [1.29, 1.82) is 5.26 Å². The van der Waals surface area contributed by atoms with Gasteiger partial charge in [-0.15, -0.1) is 8.78 Å². The zero-order valence-corrected chi connectivity index (χ0v) is 13.0. The SMILES string of the molecule is Cc1oncc1OS(=O)n1c(C#N)nc2cc3c(cc21)OC(F)(F)O3. The quantitative estimate of drug-likeness (QED) is 0.690. The fourth-order valence-electron chi connectivity index (χ4n) is 2.21. The second kappa shape index (κ2) is 5.15. The Bertz CT molecular complexity index is 1070. The summed E-state index contributed by atoms with van der Waals surface area (Å²) < 4.78 is 58.5. The second-order valence-corrected chi connectivity index (χ2v) is 5.81. The molecule has 1 aliphatic heterocycles. The molecule has 2 aromatic heterocycles. The molecule has 4 rings (SSSR count). The number of halogens is 2. The zero-order chi connectivity index (χ0) is 17.8. The van der Waals surface area contributed by atoms with Crippen molar-refractivity contribution in [2.45, 2.75) is 13.2 Å². The summed E-state index contributed by atoms with van der Waals surface area (Å²) in [5, 5.41) is 12.7. The van der Waals surface area contributed by atoms with Crippen LogP contribution in [0.3, 0.4) is 0 Å². The van der Waals surface area contributed by atoms with E-state index < -0.39 is 17.6 Å². The van der Waals surface area contributed by atoms with Gasteiger partial charge in [0.25, 0.3) is 0 Å². The van der Waals surface area contributed by atoms with Crippen molar-refractivity contribution in [2.75, 3.05) is 0 Å². The molecule has 0 spiro atoms. The minimum absolute atomic E-state index is 0.0871. The first-order chi connectivity index (χ1) is 11.9. The van der Waals surface area contributed by atoms with Crippen LogP contribution in [-0.4, -0.2) is 24.6 Å². The molecule has 0 saturated carbocycles. The van der Waals surface area contributed by atoms with Gasteiger partial charge >= 0.3 is 17.6 Å². The van der Waals surface area contributed by atoms with Gasteiger partial charge in [-0.1, -0.05) is 5.16 Å². The molecule has 128 valence electrons. The second-order valence-electron chi connectivity index (χ2n) is 4.84. The summed E-state index contributed by atoms with van der Waals surface area (Å²) in [6, 6.07) is 4.06. The maximum Gasteiger partial charge on any atom is 0.586 e. The Balaban J connectivity index is 1.82. The van der Waals surface area contributed by atoms with Crippen LogP contribution in [0, 0.1) is 18.3 Å². The summed E-state index contributed by atoms with van der Waals surface area (Å²) in [6.45, 7) is 1.54. The maximum atomic E-state index is 13.2. The number of hydrogen-bond acceptors (Lipinski definition) is 8. The molecule has 25 heavy (non-hydrogen) atoms. The first kappa shape index (κ1) is 15.3. The molecule has 9 nitrogen and oxygen atoms in total. The van der Waals surface area contributed by atoms with Crippen LogP contribution in [0.1, 0.15) is 11.6 Å². The van der Waals surface area contributed by atoms with Crippen LogP contribution in [0.5, 0.6) is 17.2 Å². The lowest BCUT2D eigenvalue weighted by Crippen LogP contribution is -2.25. The summed E-state index contributed by atoms with van der Waals surface area (Å²) in [6.07, 6.45) is -2.60. The number of aryl methyl sites for hydroxylation is 1. The van der Waals surface area contributed by atoms with Gasteiger partial charge in [0.05, 0.1) is 11.0 Å². The first-order valence-electron chi connectivity index (χ1n) is 6.62. The normalized spacial score (nSPS) is 15.9. The largest absolute Gasteiger partial charge is 0.586 e. The topological polar surface area (TPSA) is 112 Å². The van der Waals surface area contributed by atoms with Gasteiger partial charge in [0.15, 0.2) is 17.3 Å². The van der Waals surface area contributed by atoms with Gasteiger partial charge in [-0.05, 0) is 0 Å². The van der Waals surface area contributed by atoms with Gasteiger partial charge in [-0.25, -0.2) is 4.98 Å². The number of ether oxygens (including phenoxy) is 2. The van der Waals surface area contributed by atoms with Gasteiger partial charge in [0.2, 0.25) is 11.6 Å². The molecule has 0 N–H and O–H groups in total. The molecule has 1 atom stereocenters. The zero-order valence-electron chi connectivity index (χ0n) is 12.2. The third-order valence-electron chi connectivity index (χ3n) is 3.25. The van der Waals surface area contributed by atoms with Crippen LogP contribution in [0.25, 0.3) is 11.0 Å². The van der Waals surface area contributed by atoms with Crippen molar-refractivity contribution >= 4 is 22.3 Å². The Labute approximate surface area is 140 Å². The predicted octanol–water partition coefficient (Wildman–Crippen LogP) is 2.03. The van der Waals surface area contributed by atoms with E-state index >= 15 is 0 Å². The van der Waals surface area contributed by atoms with Crippen LogP contribution in [0.15, 0.2) is 22.9 Å². The number of fused-ring (bicyclic) bond motifs is 2. The minimum Gasteiger partial charge on any atom is -0.395 e. The van der Waals surface area contributed by atoms with E-state index in [9.17, 15) is 18.3 Å². The average molecular weight is 368 g/mol. The van der Waals surface area contributed by atoms with E-state index in [0.29, 0.717) is 0 Å². The average Bonchev–Trinajstić information content (AvgIpc) is 3.18. The number of alkyl halides is 2. The van der Waals surface area contributed by atoms with E-state index in [1.54, 1.807) is 6.07 Å². The summed E-state index contributed by atoms with van der Waals surface area (Å²) in [5.74, 6) is -0.405. The van der Waals surface area contributed by atoms with Crippen LogP contribution in [0.4, 0.5) is 8.78 Å². The number of hydrogen-bond donors (Lipinski definition) is 0. The van der Waals surface area contributed by atoms with Crippen molar-refractivity contribution < 1.29 is 31.2 Å². The summed E-state index contributed by atoms with van der Waals surface area (Å²) in [4.78, 5) is 3.94. The number of imidazole rings is 1. The molecule has 0 amide bonds. The van der Waals surface area contributed by atoms with Crippen molar-refractivity contribution in [3.63, 3.8) is 0 Å². The number of benzene rings is 1. The number of aromatic nitrogens is 3. The fourth-order valence-corrected chi connectivity index (χ4v) is 3.12. The van der Waals surface area contributed by atoms with E-state index in [4.69, 9.17) is 8.71 Å². The standard InChI is InChI=1S/C13H6F2N4O5S/c1-6-11(5-17-23-6)24-25(20)19-8-3-10-9(21-13(14,15)22-10)2-7(8)18-12(19)4-16/h2-3,5H,1H3. The van der Waals surface area contributed by atoms with Crippen LogP contribution in [-0.2, 0) is 11.3 Å². The van der Waals surface area contributed by atoms with Crippen molar-refractivity contribution in [3.8, 4) is 23.3 Å². The molecule has 0 aliphatic carbocycles. The summed E-state index contributed by atoms with van der Waals surface area (Å²) in [5.41, 5.74) is 0.194. The Morgan fingerprint density at radius 3 is 2.72 bits per heavy atom. The molecule has 12 heteroatoms. The summed E-state index contributed by atoms with van der Waals surface area (Å²) in [7, 11) is 0. The molecule has 1 unspecified atom stereocenters. The lowest BCUT2D eigenvalue weighted by molar-refractivity contribution is -0.286. The molecule has 0 fully saturated rings. The van der Waals surface area contributed by atoms with E-state index in [-0.39, 0.29) is 39.9 Å². The van der Waals surface area contributed by atoms with E-state index in [0.717, 1.165) is 16.1 Å². The smallest absolute Gasteiger partial charge is 0.395 e. The Kier molecular flexibility index (Phi) is 3.16. The minimum atomic E-state index is -3.81. The molecule has 1 aromatic carbocycles. The van der Waals surface area contributed by atoms with E-state index in [2.05, 4.69) is 19.6 Å². The summed E-state index contributed by atoms with van der Waals surface area (Å²) >= 11 is -2.25. The molecule has 0 radical (unpaired) electrons. The van der Waals surface area contributed by atoms with Crippen LogP contribution >= 0.6 is 0 Å². The van der Waals surface area contributed by atoms with Gasteiger partial charge in [-0.3, -0.25) is 0 Å². The monoisotopic (exact) mass is 368 g/mol. The van der Waals surface area contributed by atoms with Gasteiger partial charge in [0, 0.05) is 19.1 Å².